The second kappa shape index (κ2) is 8.25. The van der Waals surface area contributed by atoms with Gasteiger partial charge in [-0.1, -0.05) is 54.6 Å². The van der Waals surface area contributed by atoms with Crippen molar-refractivity contribution < 1.29 is 4.79 Å². The molecule has 0 spiro atoms. The van der Waals surface area contributed by atoms with Gasteiger partial charge >= 0.3 is 0 Å². The summed E-state index contributed by atoms with van der Waals surface area (Å²) in [6.45, 7) is 3.18. The highest BCUT2D eigenvalue weighted by atomic mass is 16.1. The van der Waals surface area contributed by atoms with Gasteiger partial charge in [0.25, 0.3) is 5.91 Å². The Morgan fingerprint density at radius 1 is 1.04 bits per heavy atom. The first-order valence-corrected chi connectivity index (χ1v) is 8.54. The molecule has 0 saturated heterocycles. The van der Waals surface area contributed by atoms with Gasteiger partial charge in [-0.3, -0.25) is 4.79 Å². The lowest BCUT2D eigenvalue weighted by Crippen LogP contribution is -2.26. The predicted octanol–water partition coefficient (Wildman–Crippen LogP) is 3.35. The standard InChI is InChI=1S/C21H22N4O/c1-16-8-6-7-11-18(16)14-23-20(26)19-12-13-22-21(24-19)25(2)15-17-9-4-3-5-10-17/h3-13H,14-15H2,1-2H3,(H,23,26). The fourth-order valence-electron chi connectivity index (χ4n) is 2.66. The Labute approximate surface area is 153 Å². The van der Waals surface area contributed by atoms with Gasteiger partial charge in [0.2, 0.25) is 5.95 Å². The van der Waals surface area contributed by atoms with Crippen LogP contribution in [0.15, 0.2) is 66.9 Å². The van der Waals surface area contributed by atoms with Gasteiger partial charge in [0.05, 0.1) is 0 Å². The summed E-state index contributed by atoms with van der Waals surface area (Å²) >= 11 is 0. The zero-order valence-electron chi connectivity index (χ0n) is 15.0. The lowest BCUT2D eigenvalue weighted by atomic mass is 10.1. The van der Waals surface area contributed by atoms with E-state index >= 15 is 0 Å². The predicted molar refractivity (Wildman–Crippen MR) is 103 cm³/mol. The number of nitrogens with zero attached hydrogens (tertiary/aromatic N) is 3. The van der Waals surface area contributed by atoms with Crippen molar-refractivity contribution in [3.05, 3.63) is 89.2 Å². The molecule has 5 nitrogen and oxygen atoms in total. The molecule has 1 heterocycles. The molecule has 2 aromatic carbocycles. The lowest BCUT2D eigenvalue weighted by Gasteiger charge is -2.17. The van der Waals surface area contributed by atoms with Crippen molar-refractivity contribution in [3.63, 3.8) is 0 Å². The molecule has 0 fully saturated rings. The second-order valence-corrected chi connectivity index (χ2v) is 6.19. The van der Waals surface area contributed by atoms with Crippen molar-refractivity contribution in [2.75, 3.05) is 11.9 Å². The van der Waals surface area contributed by atoms with Gasteiger partial charge in [0, 0.05) is 26.3 Å². The maximum absolute atomic E-state index is 12.4. The summed E-state index contributed by atoms with van der Waals surface area (Å²) in [5, 5.41) is 2.92. The van der Waals surface area contributed by atoms with Crippen LogP contribution in [0.1, 0.15) is 27.2 Å². The maximum Gasteiger partial charge on any atom is 0.270 e. The number of aryl methyl sites for hydroxylation is 1. The van der Waals surface area contributed by atoms with Crippen LogP contribution >= 0.6 is 0 Å². The third-order valence-corrected chi connectivity index (χ3v) is 4.18. The number of benzene rings is 2. The third kappa shape index (κ3) is 4.45. The van der Waals surface area contributed by atoms with Crippen molar-refractivity contribution in [2.24, 2.45) is 0 Å². The largest absolute Gasteiger partial charge is 0.347 e. The summed E-state index contributed by atoms with van der Waals surface area (Å²) in [5.74, 6) is 0.322. The van der Waals surface area contributed by atoms with Gasteiger partial charge < -0.3 is 10.2 Å². The molecule has 3 aromatic rings. The number of aromatic nitrogens is 2. The quantitative estimate of drug-likeness (QED) is 0.744. The number of carbonyl (C=O) groups excluding carboxylic acids is 1. The van der Waals surface area contributed by atoms with E-state index in [1.165, 1.54) is 0 Å². The van der Waals surface area contributed by atoms with Gasteiger partial charge in [0.1, 0.15) is 5.69 Å². The van der Waals surface area contributed by atoms with Gasteiger partial charge in [-0.05, 0) is 29.7 Å². The first-order chi connectivity index (χ1) is 12.6. The molecule has 5 heteroatoms. The molecule has 132 valence electrons. The highest BCUT2D eigenvalue weighted by Crippen LogP contribution is 2.11. The van der Waals surface area contributed by atoms with Crippen LogP contribution in [0.5, 0.6) is 0 Å². The molecule has 0 saturated carbocycles. The number of nitrogens with one attached hydrogen (secondary N) is 1. The van der Waals surface area contributed by atoms with Gasteiger partial charge in [-0.15, -0.1) is 0 Å². The third-order valence-electron chi connectivity index (χ3n) is 4.18. The molecule has 0 aliphatic heterocycles. The monoisotopic (exact) mass is 346 g/mol. The summed E-state index contributed by atoms with van der Waals surface area (Å²) < 4.78 is 0. The fourth-order valence-corrected chi connectivity index (χ4v) is 2.66. The summed E-state index contributed by atoms with van der Waals surface area (Å²) in [6.07, 6.45) is 1.62. The number of amides is 1. The zero-order chi connectivity index (χ0) is 18.4. The van der Waals surface area contributed by atoms with Gasteiger partial charge in [-0.2, -0.15) is 0 Å². The molecule has 1 aromatic heterocycles. The van der Waals surface area contributed by atoms with Crippen LogP contribution in [0.4, 0.5) is 5.95 Å². The minimum atomic E-state index is -0.204. The Morgan fingerprint density at radius 3 is 2.54 bits per heavy atom. The molecule has 0 radical (unpaired) electrons. The topological polar surface area (TPSA) is 58.1 Å². The normalized spacial score (nSPS) is 10.4. The van der Waals surface area contributed by atoms with E-state index in [-0.39, 0.29) is 5.91 Å². The van der Waals surface area contributed by atoms with Crippen molar-refractivity contribution in [3.8, 4) is 0 Å². The molecule has 0 aliphatic rings. The summed E-state index contributed by atoms with van der Waals surface area (Å²) in [5.41, 5.74) is 3.77. The highest BCUT2D eigenvalue weighted by molar-refractivity contribution is 5.92. The number of hydrogen-bond acceptors (Lipinski definition) is 4. The van der Waals surface area contributed by atoms with Crippen LogP contribution in [0.3, 0.4) is 0 Å². The van der Waals surface area contributed by atoms with Crippen molar-refractivity contribution in [1.82, 2.24) is 15.3 Å². The van der Waals surface area contributed by atoms with Crippen molar-refractivity contribution in [2.45, 2.75) is 20.0 Å². The van der Waals surface area contributed by atoms with Crippen LogP contribution in [0.2, 0.25) is 0 Å². The molecule has 0 unspecified atom stereocenters. The van der Waals surface area contributed by atoms with Crippen molar-refractivity contribution >= 4 is 11.9 Å². The van der Waals surface area contributed by atoms with Gasteiger partial charge in [-0.25, -0.2) is 9.97 Å². The smallest absolute Gasteiger partial charge is 0.270 e. The Morgan fingerprint density at radius 2 is 1.77 bits per heavy atom. The van der Waals surface area contributed by atoms with Gasteiger partial charge in [0.15, 0.2) is 0 Å². The summed E-state index contributed by atoms with van der Waals surface area (Å²) in [7, 11) is 1.91. The number of rotatable bonds is 6. The number of carbonyl (C=O) groups is 1. The SMILES string of the molecule is Cc1ccccc1CNC(=O)c1ccnc(N(C)Cc2ccccc2)n1. The molecule has 0 atom stereocenters. The minimum Gasteiger partial charge on any atom is -0.347 e. The van der Waals surface area contributed by atoms with E-state index in [4.69, 9.17) is 0 Å². The molecule has 1 amide bonds. The first-order valence-electron chi connectivity index (χ1n) is 8.54. The molecule has 26 heavy (non-hydrogen) atoms. The van der Waals surface area contributed by atoms with Crippen LogP contribution < -0.4 is 10.2 Å². The second-order valence-electron chi connectivity index (χ2n) is 6.19. The van der Waals surface area contributed by atoms with E-state index in [9.17, 15) is 4.79 Å². The van der Waals surface area contributed by atoms with E-state index in [2.05, 4.69) is 27.4 Å². The minimum absolute atomic E-state index is 0.204. The van der Waals surface area contributed by atoms with Crippen LogP contribution in [-0.2, 0) is 13.1 Å². The fraction of sp³-hybridized carbons (Fsp3) is 0.190. The average Bonchev–Trinajstić information content (AvgIpc) is 2.68. The van der Waals surface area contributed by atoms with Crippen molar-refractivity contribution in [1.29, 1.82) is 0 Å². The van der Waals surface area contributed by atoms with E-state index in [0.717, 1.165) is 16.7 Å². The van der Waals surface area contributed by atoms with Crippen LogP contribution in [-0.4, -0.2) is 22.9 Å². The van der Waals surface area contributed by atoms with E-state index in [1.807, 2.05) is 61.3 Å². The molecule has 3 rings (SSSR count). The number of anilines is 1. The molecular formula is C21H22N4O. The van der Waals surface area contributed by atoms with E-state index in [1.54, 1.807) is 12.3 Å². The van der Waals surface area contributed by atoms with E-state index in [0.29, 0.717) is 24.7 Å². The zero-order valence-corrected chi connectivity index (χ0v) is 15.0. The number of hydrogen-bond donors (Lipinski definition) is 1. The molecule has 0 bridgehead atoms. The molecular weight excluding hydrogens is 324 g/mol. The Bertz CT molecular complexity index is 880. The Kier molecular flexibility index (Phi) is 5.59. The summed E-state index contributed by atoms with van der Waals surface area (Å²) in [4.78, 5) is 23.1. The lowest BCUT2D eigenvalue weighted by molar-refractivity contribution is 0.0946. The van der Waals surface area contributed by atoms with Crippen LogP contribution in [0, 0.1) is 6.92 Å². The first kappa shape index (κ1) is 17.6. The molecule has 0 aliphatic carbocycles. The summed E-state index contributed by atoms with van der Waals surface area (Å²) in [6, 6.07) is 19.7. The van der Waals surface area contributed by atoms with Crippen LogP contribution in [0.25, 0.3) is 0 Å². The van der Waals surface area contributed by atoms with E-state index < -0.39 is 0 Å². The highest BCUT2D eigenvalue weighted by Gasteiger charge is 2.11. The maximum atomic E-state index is 12.4. The average molecular weight is 346 g/mol. The Balaban J connectivity index is 1.66. The Hall–Kier alpha value is -3.21. The molecule has 1 N–H and O–H groups in total.